The summed E-state index contributed by atoms with van der Waals surface area (Å²) in [6.45, 7) is 16.7. The first-order valence-corrected chi connectivity index (χ1v) is 8.30. The van der Waals surface area contributed by atoms with Crippen molar-refractivity contribution in [3.8, 4) is 0 Å². The SMILES string of the molecule is C=C(C)C(=O)OCC1CO1.C=CC(=O)OCC1CO1.C=COC=C.OCCO. The lowest BCUT2D eigenvalue weighted by atomic mass is 10.4. The predicted octanol–water partition coefficient (Wildman–Crippen LogP) is 0.880. The van der Waals surface area contributed by atoms with E-state index in [0.717, 1.165) is 6.08 Å². The third-order valence-electron chi connectivity index (χ3n) is 2.42. The molecule has 2 saturated heterocycles. The van der Waals surface area contributed by atoms with Crippen molar-refractivity contribution in [1.82, 2.24) is 0 Å². The Labute approximate surface area is 165 Å². The standard InChI is InChI=1S/C7H10O3.C6H8O3.C4H6O.C2H6O2/c1-5(2)7(8)10-4-6-3-9-6;1-2-6(7)9-4-5-3-8-5;1-3-5-4-2;3-1-2-4/h6H,1,3-4H2,2H3;2,5H,1,3-4H2;3-4H,1-2H2;3-4H,1-2H2. The third kappa shape index (κ3) is 23.5. The van der Waals surface area contributed by atoms with Crippen molar-refractivity contribution < 1.29 is 43.5 Å². The van der Waals surface area contributed by atoms with Gasteiger partial charge in [-0.1, -0.05) is 26.3 Å². The summed E-state index contributed by atoms with van der Waals surface area (Å²) in [5.74, 6) is -0.721. The Morgan fingerprint density at radius 2 is 1.43 bits per heavy atom. The van der Waals surface area contributed by atoms with Gasteiger partial charge in [0, 0.05) is 11.6 Å². The number of carbonyl (C=O) groups is 2. The van der Waals surface area contributed by atoms with E-state index in [-0.39, 0.29) is 37.4 Å². The molecule has 0 aromatic carbocycles. The number of carbonyl (C=O) groups excluding carboxylic acids is 2. The summed E-state index contributed by atoms with van der Waals surface area (Å²) < 4.78 is 23.4. The largest absolute Gasteiger partial charge is 0.474 e. The van der Waals surface area contributed by atoms with Crippen LogP contribution < -0.4 is 0 Å². The van der Waals surface area contributed by atoms with E-state index in [0.29, 0.717) is 32.0 Å². The molecule has 0 radical (unpaired) electrons. The zero-order valence-electron chi connectivity index (χ0n) is 16.2. The lowest BCUT2D eigenvalue weighted by Crippen LogP contribution is -2.09. The van der Waals surface area contributed by atoms with Crippen LogP contribution in [0.4, 0.5) is 0 Å². The normalized spacial score (nSPS) is 17.2. The Bertz CT molecular complexity index is 472. The van der Waals surface area contributed by atoms with Gasteiger partial charge in [0.05, 0.1) is 39.0 Å². The second-order valence-electron chi connectivity index (χ2n) is 5.04. The highest BCUT2D eigenvalue weighted by Gasteiger charge is 2.24. The van der Waals surface area contributed by atoms with Gasteiger partial charge in [-0.2, -0.15) is 0 Å². The van der Waals surface area contributed by atoms with Crippen molar-refractivity contribution in [2.45, 2.75) is 19.1 Å². The molecule has 9 heteroatoms. The molecule has 2 aliphatic heterocycles. The first-order chi connectivity index (χ1) is 13.4. The smallest absolute Gasteiger partial charge is 0.333 e. The van der Waals surface area contributed by atoms with Gasteiger partial charge in [0.1, 0.15) is 25.4 Å². The molecule has 28 heavy (non-hydrogen) atoms. The first kappa shape index (κ1) is 27.8. The molecular weight excluding hydrogens is 372 g/mol. The summed E-state index contributed by atoms with van der Waals surface area (Å²) in [7, 11) is 0. The van der Waals surface area contributed by atoms with E-state index in [1.807, 2.05) is 0 Å². The number of aliphatic hydroxyl groups excluding tert-OH is 2. The molecule has 2 aliphatic rings. The number of rotatable bonds is 9. The third-order valence-corrected chi connectivity index (χ3v) is 2.42. The first-order valence-electron chi connectivity index (χ1n) is 8.30. The van der Waals surface area contributed by atoms with Crippen molar-refractivity contribution in [3.63, 3.8) is 0 Å². The number of hydrogen-bond donors (Lipinski definition) is 2. The van der Waals surface area contributed by atoms with E-state index in [2.05, 4.69) is 35.8 Å². The molecule has 2 unspecified atom stereocenters. The molecule has 0 spiro atoms. The molecule has 0 saturated carbocycles. The second kappa shape index (κ2) is 19.3. The summed E-state index contributed by atoms with van der Waals surface area (Å²) in [4.78, 5) is 21.0. The lowest BCUT2D eigenvalue weighted by molar-refractivity contribution is -0.139. The fraction of sp³-hybridized carbons (Fsp3) is 0.474. The molecule has 2 heterocycles. The molecule has 160 valence electrons. The van der Waals surface area contributed by atoms with Crippen LogP contribution >= 0.6 is 0 Å². The molecule has 0 aliphatic carbocycles. The number of hydrogen-bond acceptors (Lipinski definition) is 9. The topological polar surface area (TPSA) is 127 Å². The number of epoxide rings is 2. The van der Waals surface area contributed by atoms with Gasteiger partial charge >= 0.3 is 11.9 Å². The molecular formula is C19H30O9. The highest BCUT2D eigenvalue weighted by Crippen LogP contribution is 2.09. The molecule has 0 bridgehead atoms. The molecule has 9 nitrogen and oxygen atoms in total. The molecule has 2 rings (SSSR count). The van der Waals surface area contributed by atoms with E-state index in [4.69, 9.17) is 24.4 Å². The average molecular weight is 402 g/mol. The number of aliphatic hydroxyl groups is 2. The summed E-state index contributed by atoms with van der Waals surface area (Å²) in [5, 5.41) is 15.2. The van der Waals surface area contributed by atoms with Gasteiger partial charge in [0.15, 0.2) is 0 Å². The highest BCUT2D eigenvalue weighted by molar-refractivity contribution is 5.86. The van der Waals surface area contributed by atoms with Gasteiger partial charge in [0.25, 0.3) is 0 Å². The average Bonchev–Trinajstić information content (AvgIpc) is 3.60. The van der Waals surface area contributed by atoms with Crippen LogP contribution in [0.5, 0.6) is 0 Å². The molecule has 0 aromatic rings. The van der Waals surface area contributed by atoms with Gasteiger partial charge in [-0.3, -0.25) is 0 Å². The van der Waals surface area contributed by atoms with Crippen LogP contribution in [0, 0.1) is 0 Å². The molecule has 2 N–H and O–H groups in total. The Morgan fingerprint density at radius 1 is 1.00 bits per heavy atom. The molecule has 2 fully saturated rings. The van der Waals surface area contributed by atoms with Gasteiger partial charge < -0.3 is 33.9 Å². The number of ether oxygens (including phenoxy) is 5. The maximum Gasteiger partial charge on any atom is 0.333 e. The zero-order valence-corrected chi connectivity index (χ0v) is 16.2. The summed E-state index contributed by atoms with van der Waals surface area (Å²) in [6, 6.07) is 0. The van der Waals surface area contributed by atoms with Crippen molar-refractivity contribution in [1.29, 1.82) is 0 Å². The Balaban J connectivity index is 0. The van der Waals surface area contributed by atoms with Crippen LogP contribution in [0.1, 0.15) is 6.92 Å². The minimum atomic E-state index is -0.384. The van der Waals surface area contributed by atoms with Crippen molar-refractivity contribution in [2.75, 3.05) is 39.6 Å². The summed E-state index contributed by atoms with van der Waals surface area (Å²) >= 11 is 0. The molecule has 0 aromatic heterocycles. The monoisotopic (exact) mass is 402 g/mol. The van der Waals surface area contributed by atoms with Crippen molar-refractivity contribution in [2.24, 2.45) is 0 Å². The van der Waals surface area contributed by atoms with Crippen LogP contribution in [0.3, 0.4) is 0 Å². The Kier molecular flexibility index (Phi) is 19.1. The zero-order chi connectivity index (χ0) is 21.8. The van der Waals surface area contributed by atoms with Gasteiger partial charge in [0.2, 0.25) is 0 Å². The van der Waals surface area contributed by atoms with Gasteiger partial charge in [-0.05, 0) is 6.92 Å². The molecule has 2 atom stereocenters. The summed E-state index contributed by atoms with van der Waals surface area (Å²) in [5.41, 5.74) is 0.431. The van der Waals surface area contributed by atoms with Crippen LogP contribution in [-0.2, 0) is 33.3 Å². The Hall–Kier alpha value is -2.46. The van der Waals surface area contributed by atoms with Crippen LogP contribution in [-0.4, -0.2) is 74.0 Å². The van der Waals surface area contributed by atoms with Crippen LogP contribution in [0.2, 0.25) is 0 Å². The second-order valence-corrected chi connectivity index (χ2v) is 5.04. The van der Waals surface area contributed by atoms with E-state index in [1.54, 1.807) is 6.92 Å². The van der Waals surface area contributed by atoms with Gasteiger partial charge in [-0.15, -0.1) is 0 Å². The van der Waals surface area contributed by atoms with E-state index in [9.17, 15) is 9.59 Å². The van der Waals surface area contributed by atoms with Gasteiger partial charge in [-0.25, -0.2) is 9.59 Å². The highest BCUT2D eigenvalue weighted by atomic mass is 16.6. The quantitative estimate of drug-likeness (QED) is 0.250. The van der Waals surface area contributed by atoms with Crippen LogP contribution in [0.15, 0.2) is 50.5 Å². The van der Waals surface area contributed by atoms with E-state index >= 15 is 0 Å². The van der Waals surface area contributed by atoms with Crippen molar-refractivity contribution >= 4 is 11.9 Å². The van der Waals surface area contributed by atoms with E-state index in [1.165, 1.54) is 12.5 Å². The maximum atomic E-state index is 10.7. The lowest BCUT2D eigenvalue weighted by Gasteiger charge is -1.99. The van der Waals surface area contributed by atoms with Crippen LogP contribution in [0.25, 0.3) is 0 Å². The van der Waals surface area contributed by atoms with E-state index < -0.39 is 0 Å². The maximum absolute atomic E-state index is 10.7. The number of esters is 2. The molecule has 0 amide bonds. The Morgan fingerprint density at radius 3 is 1.68 bits per heavy atom. The van der Waals surface area contributed by atoms with Crippen molar-refractivity contribution in [3.05, 3.63) is 50.5 Å². The fourth-order valence-corrected chi connectivity index (χ4v) is 0.922. The minimum absolute atomic E-state index is 0.125. The summed E-state index contributed by atoms with van der Waals surface area (Å²) in [6.07, 6.45) is 4.06. The fourth-order valence-electron chi connectivity index (χ4n) is 0.922. The minimum Gasteiger partial charge on any atom is -0.474 e. The predicted molar refractivity (Wildman–Crippen MR) is 102 cm³/mol.